The fourth-order valence-electron chi connectivity index (χ4n) is 3.79. The van der Waals surface area contributed by atoms with Crippen LogP contribution in [0.5, 0.6) is 0 Å². The maximum absolute atomic E-state index is 12.4. The van der Waals surface area contributed by atoms with E-state index in [0.717, 1.165) is 16.8 Å². The Morgan fingerprint density at radius 1 is 0.646 bits per heavy atom. The fourth-order valence-corrected chi connectivity index (χ4v) is 3.89. The van der Waals surface area contributed by atoms with Gasteiger partial charge >= 0.3 is 18.4 Å². The van der Waals surface area contributed by atoms with Crippen molar-refractivity contribution < 1.29 is 38.3 Å². The minimum absolute atomic E-state index is 0.167. The SMILES string of the molecule is Cc1ccc(NC(=O)c2cc(NC(=O)OC(C)(C)C)cn2C)cc1.Cc1ccc(NC(=O)c2cc(NCl)cn2C)cc1.O=C=O.O=C=O. The fraction of sp³-hybridized carbons (Fsp3) is 0.242. The van der Waals surface area contributed by atoms with Crippen molar-refractivity contribution in [2.24, 2.45) is 14.1 Å². The highest BCUT2D eigenvalue weighted by Crippen LogP contribution is 2.18. The van der Waals surface area contributed by atoms with Gasteiger partial charge in [0.25, 0.3) is 11.8 Å². The molecule has 15 heteroatoms. The van der Waals surface area contributed by atoms with Gasteiger partial charge in [0.1, 0.15) is 17.0 Å². The maximum atomic E-state index is 12.4. The number of carbonyl (C=O) groups excluding carboxylic acids is 7. The first-order valence-corrected chi connectivity index (χ1v) is 14.4. The lowest BCUT2D eigenvalue weighted by molar-refractivity contribution is -0.193. The van der Waals surface area contributed by atoms with Crippen LogP contribution in [-0.4, -0.2) is 44.9 Å². The number of carbonyl (C=O) groups is 3. The van der Waals surface area contributed by atoms with E-state index >= 15 is 0 Å². The van der Waals surface area contributed by atoms with E-state index in [1.54, 1.807) is 68.5 Å². The predicted octanol–water partition coefficient (Wildman–Crippen LogP) is 5.92. The lowest BCUT2D eigenvalue weighted by Gasteiger charge is -2.19. The number of aryl methyl sites for hydroxylation is 4. The van der Waals surface area contributed by atoms with E-state index in [9.17, 15) is 14.4 Å². The highest BCUT2D eigenvalue weighted by Gasteiger charge is 2.18. The van der Waals surface area contributed by atoms with Crippen molar-refractivity contribution in [1.29, 1.82) is 0 Å². The van der Waals surface area contributed by atoms with E-state index in [-0.39, 0.29) is 24.1 Å². The first kappa shape index (κ1) is 40.1. The number of amides is 3. The van der Waals surface area contributed by atoms with E-state index in [0.29, 0.717) is 28.5 Å². The Morgan fingerprint density at radius 2 is 1.00 bits per heavy atom. The van der Waals surface area contributed by atoms with Gasteiger partial charge in [-0.2, -0.15) is 19.2 Å². The molecule has 2 heterocycles. The summed E-state index contributed by atoms with van der Waals surface area (Å²) in [6, 6.07) is 18.5. The number of hydrogen-bond acceptors (Lipinski definition) is 9. The average molecular weight is 681 g/mol. The summed E-state index contributed by atoms with van der Waals surface area (Å²) in [5, 5.41) is 8.28. The molecule has 0 spiro atoms. The molecule has 0 unspecified atom stereocenters. The van der Waals surface area contributed by atoms with Crippen molar-refractivity contribution in [3.05, 3.63) is 95.6 Å². The van der Waals surface area contributed by atoms with Gasteiger partial charge in [-0.15, -0.1) is 0 Å². The molecule has 2 aromatic carbocycles. The number of anilines is 4. The molecule has 0 radical (unpaired) electrons. The second-order valence-corrected chi connectivity index (χ2v) is 11.2. The molecule has 4 N–H and O–H groups in total. The minimum Gasteiger partial charge on any atom is -0.444 e. The number of aromatic nitrogens is 2. The van der Waals surface area contributed by atoms with Crippen LogP contribution in [0.1, 0.15) is 52.9 Å². The van der Waals surface area contributed by atoms with Crippen LogP contribution in [-0.2, 0) is 38.0 Å². The third-order valence-electron chi connectivity index (χ3n) is 5.85. The normalized spacial score (nSPS) is 9.67. The maximum Gasteiger partial charge on any atom is 0.412 e. The number of ether oxygens (including phenoxy) is 1. The zero-order valence-corrected chi connectivity index (χ0v) is 28.2. The van der Waals surface area contributed by atoms with E-state index in [2.05, 4.69) is 20.8 Å². The summed E-state index contributed by atoms with van der Waals surface area (Å²) in [7, 11) is 3.53. The Balaban J connectivity index is 0.000000423. The van der Waals surface area contributed by atoms with Gasteiger partial charge in [-0.1, -0.05) is 35.4 Å². The minimum atomic E-state index is -0.579. The number of halogens is 1. The number of benzene rings is 2. The molecule has 4 aromatic rings. The first-order chi connectivity index (χ1) is 22.6. The summed E-state index contributed by atoms with van der Waals surface area (Å²) in [5.41, 5.74) is 5.34. The van der Waals surface area contributed by atoms with E-state index in [4.69, 9.17) is 35.7 Å². The van der Waals surface area contributed by atoms with Crippen LogP contribution in [0.4, 0.5) is 27.5 Å². The molecule has 0 aliphatic heterocycles. The number of hydrogen-bond donors (Lipinski definition) is 4. The Bertz CT molecular complexity index is 1710. The van der Waals surface area contributed by atoms with Gasteiger partial charge in [0.05, 0.1) is 11.4 Å². The van der Waals surface area contributed by atoms with Crippen molar-refractivity contribution in [2.75, 3.05) is 20.8 Å². The Morgan fingerprint density at radius 3 is 1.33 bits per heavy atom. The Kier molecular flexibility index (Phi) is 16.3. The second-order valence-electron chi connectivity index (χ2n) is 11.0. The van der Waals surface area contributed by atoms with E-state index in [1.807, 2.05) is 62.4 Å². The monoisotopic (exact) mass is 680 g/mol. The Labute approximate surface area is 282 Å². The molecule has 0 bridgehead atoms. The summed E-state index contributed by atoms with van der Waals surface area (Å²) >= 11 is 5.50. The number of nitrogens with one attached hydrogen (secondary N) is 4. The molecule has 0 aliphatic rings. The molecular formula is C33H37ClN6O8. The summed E-state index contributed by atoms with van der Waals surface area (Å²) in [6.07, 6.45) is 3.35. The van der Waals surface area contributed by atoms with Crippen molar-refractivity contribution >= 4 is 64.7 Å². The van der Waals surface area contributed by atoms with Gasteiger partial charge < -0.3 is 24.5 Å². The molecule has 3 amide bonds. The number of rotatable bonds is 6. The Hall–Kier alpha value is -5.94. The highest BCUT2D eigenvalue weighted by molar-refractivity contribution is 6.24. The summed E-state index contributed by atoms with van der Waals surface area (Å²) in [4.78, 5) is 71.2. The molecule has 0 atom stereocenters. The standard InChI is InChI=1S/C18H23N3O3.C13H14ClN3O.2CO2/c1-12-6-8-13(9-7-12)19-16(22)15-10-14(11-21(15)5)20-17(23)24-18(2,3)4;1-9-3-5-10(6-4-9)15-13(18)12-7-11(16-14)8-17(12)2;2*2-1-3/h6-11H,1-5H3,(H,19,22)(H,20,23);3-8,16H,1-2H3,(H,15,18);;. The smallest absolute Gasteiger partial charge is 0.412 e. The van der Waals surface area contributed by atoms with Crippen molar-refractivity contribution in [3.63, 3.8) is 0 Å². The molecule has 14 nitrogen and oxygen atoms in total. The first-order valence-electron chi connectivity index (χ1n) is 14.0. The quantitative estimate of drug-likeness (QED) is 0.179. The zero-order chi connectivity index (χ0) is 36.4. The molecule has 0 saturated heterocycles. The summed E-state index contributed by atoms with van der Waals surface area (Å²) < 4.78 is 8.56. The van der Waals surface area contributed by atoms with Crippen LogP contribution in [0, 0.1) is 13.8 Å². The van der Waals surface area contributed by atoms with E-state index in [1.165, 1.54) is 0 Å². The molecule has 254 valence electrons. The van der Waals surface area contributed by atoms with Crippen LogP contribution < -0.4 is 20.8 Å². The van der Waals surface area contributed by atoms with Crippen molar-refractivity contribution in [2.45, 2.75) is 40.2 Å². The van der Waals surface area contributed by atoms with Gasteiger partial charge in [0.15, 0.2) is 0 Å². The zero-order valence-electron chi connectivity index (χ0n) is 27.5. The van der Waals surface area contributed by atoms with Gasteiger partial charge in [-0.3, -0.25) is 19.7 Å². The van der Waals surface area contributed by atoms with Crippen molar-refractivity contribution in [3.8, 4) is 0 Å². The predicted molar refractivity (Wildman–Crippen MR) is 178 cm³/mol. The van der Waals surface area contributed by atoms with E-state index < -0.39 is 11.7 Å². The van der Waals surface area contributed by atoms with Crippen LogP contribution >= 0.6 is 11.8 Å². The second kappa shape index (κ2) is 19.5. The molecular weight excluding hydrogens is 644 g/mol. The van der Waals surface area contributed by atoms with Gasteiger partial charge in [0, 0.05) is 49.6 Å². The highest BCUT2D eigenvalue weighted by atomic mass is 35.5. The van der Waals surface area contributed by atoms with Crippen LogP contribution in [0.2, 0.25) is 0 Å². The molecule has 2 aromatic heterocycles. The average Bonchev–Trinajstić information content (AvgIpc) is 3.57. The van der Waals surface area contributed by atoms with Crippen molar-refractivity contribution in [1.82, 2.24) is 9.13 Å². The molecule has 48 heavy (non-hydrogen) atoms. The molecule has 4 rings (SSSR count). The number of nitrogens with zero attached hydrogens (tertiary/aromatic N) is 2. The lowest BCUT2D eigenvalue weighted by Crippen LogP contribution is -2.27. The molecule has 0 aliphatic carbocycles. The van der Waals surface area contributed by atoms with Crippen LogP contribution in [0.15, 0.2) is 73.1 Å². The summed E-state index contributed by atoms with van der Waals surface area (Å²) in [5.74, 6) is -0.418. The topological polar surface area (TPSA) is 187 Å². The van der Waals surface area contributed by atoms with Gasteiger partial charge in [-0.25, -0.2) is 4.79 Å². The molecule has 0 fully saturated rings. The lowest BCUT2D eigenvalue weighted by atomic mass is 10.2. The van der Waals surface area contributed by atoms with Gasteiger partial charge in [-0.05, 0) is 71.0 Å². The molecule has 0 saturated carbocycles. The largest absolute Gasteiger partial charge is 0.444 e. The summed E-state index contributed by atoms with van der Waals surface area (Å²) in [6.45, 7) is 9.35. The third-order valence-corrected chi connectivity index (χ3v) is 6.07. The van der Waals surface area contributed by atoms with Crippen LogP contribution in [0.25, 0.3) is 0 Å². The third kappa shape index (κ3) is 14.4. The van der Waals surface area contributed by atoms with Crippen LogP contribution in [0.3, 0.4) is 0 Å². The van der Waals surface area contributed by atoms with Gasteiger partial charge in [0.2, 0.25) is 0 Å².